The maximum absolute atomic E-state index is 13.1. The number of aryl methyl sites for hydroxylation is 1. The van der Waals surface area contributed by atoms with Crippen molar-refractivity contribution in [1.29, 1.82) is 0 Å². The van der Waals surface area contributed by atoms with Crippen LogP contribution in [0.25, 0.3) is 0 Å². The minimum absolute atomic E-state index is 0.0227. The quantitative estimate of drug-likeness (QED) is 0.797. The van der Waals surface area contributed by atoms with Crippen LogP contribution in [0, 0.1) is 5.82 Å². The molecule has 2 aromatic carbocycles. The van der Waals surface area contributed by atoms with Crippen molar-refractivity contribution in [3.8, 4) is 0 Å². The molecule has 3 amide bonds. The van der Waals surface area contributed by atoms with E-state index in [9.17, 15) is 14.0 Å². The SMILES string of the molecule is O=C1CCCc2cc(NC(=O)NCCc3cccc(F)c3)ccc2N1. The van der Waals surface area contributed by atoms with Crippen molar-refractivity contribution in [2.75, 3.05) is 17.2 Å². The van der Waals surface area contributed by atoms with Gasteiger partial charge in [0.25, 0.3) is 0 Å². The van der Waals surface area contributed by atoms with Crippen molar-refractivity contribution in [2.24, 2.45) is 0 Å². The summed E-state index contributed by atoms with van der Waals surface area (Å²) in [4.78, 5) is 23.5. The van der Waals surface area contributed by atoms with E-state index in [-0.39, 0.29) is 17.8 Å². The predicted octanol–water partition coefficient (Wildman–Crippen LogP) is 3.46. The standard InChI is InChI=1S/C19H20FN3O2/c20-15-5-1-3-13(11-15)9-10-21-19(25)22-16-7-8-17-14(12-16)4-2-6-18(24)23-17/h1,3,5,7-8,11-12H,2,4,6,9-10H2,(H,23,24)(H2,21,22,25). The molecule has 0 bridgehead atoms. The van der Waals surface area contributed by atoms with Gasteiger partial charge >= 0.3 is 6.03 Å². The van der Waals surface area contributed by atoms with Crippen LogP contribution >= 0.6 is 0 Å². The van der Waals surface area contributed by atoms with Gasteiger partial charge in [0, 0.05) is 24.3 Å². The molecular weight excluding hydrogens is 321 g/mol. The van der Waals surface area contributed by atoms with E-state index in [1.54, 1.807) is 18.2 Å². The molecule has 6 heteroatoms. The molecule has 1 heterocycles. The van der Waals surface area contributed by atoms with Crippen LogP contribution < -0.4 is 16.0 Å². The molecule has 0 saturated heterocycles. The summed E-state index contributed by atoms with van der Waals surface area (Å²) in [6, 6.07) is 11.5. The molecular formula is C19H20FN3O2. The fourth-order valence-corrected chi connectivity index (χ4v) is 2.84. The summed E-state index contributed by atoms with van der Waals surface area (Å²) in [5.74, 6) is -0.256. The van der Waals surface area contributed by atoms with Crippen LogP contribution in [-0.2, 0) is 17.6 Å². The average Bonchev–Trinajstić information content (AvgIpc) is 2.75. The lowest BCUT2D eigenvalue weighted by Gasteiger charge is -2.11. The molecule has 0 atom stereocenters. The smallest absolute Gasteiger partial charge is 0.319 e. The fraction of sp³-hybridized carbons (Fsp3) is 0.263. The molecule has 3 rings (SSSR count). The van der Waals surface area contributed by atoms with E-state index in [4.69, 9.17) is 0 Å². The van der Waals surface area contributed by atoms with E-state index in [0.29, 0.717) is 25.1 Å². The number of anilines is 2. The van der Waals surface area contributed by atoms with Gasteiger partial charge in [0.15, 0.2) is 0 Å². The minimum atomic E-state index is -0.311. The highest BCUT2D eigenvalue weighted by Gasteiger charge is 2.13. The minimum Gasteiger partial charge on any atom is -0.338 e. The van der Waals surface area contributed by atoms with Gasteiger partial charge in [-0.15, -0.1) is 0 Å². The average molecular weight is 341 g/mol. The topological polar surface area (TPSA) is 70.2 Å². The Kier molecular flexibility index (Phi) is 5.28. The van der Waals surface area contributed by atoms with E-state index in [1.807, 2.05) is 12.1 Å². The van der Waals surface area contributed by atoms with E-state index in [1.165, 1.54) is 12.1 Å². The summed E-state index contributed by atoms with van der Waals surface area (Å²) in [5.41, 5.74) is 3.34. The summed E-state index contributed by atoms with van der Waals surface area (Å²) < 4.78 is 13.1. The molecule has 0 unspecified atom stereocenters. The first-order chi connectivity index (χ1) is 12.1. The normalized spacial score (nSPS) is 13.4. The zero-order valence-electron chi connectivity index (χ0n) is 13.8. The van der Waals surface area contributed by atoms with Gasteiger partial charge in [-0.2, -0.15) is 0 Å². The number of fused-ring (bicyclic) bond motifs is 1. The third kappa shape index (κ3) is 4.79. The first kappa shape index (κ1) is 17.0. The van der Waals surface area contributed by atoms with Gasteiger partial charge < -0.3 is 16.0 Å². The van der Waals surface area contributed by atoms with Gasteiger partial charge in [0.05, 0.1) is 0 Å². The Morgan fingerprint density at radius 1 is 1.16 bits per heavy atom. The predicted molar refractivity (Wildman–Crippen MR) is 95.1 cm³/mol. The molecule has 0 aromatic heterocycles. The third-order valence-corrected chi connectivity index (χ3v) is 4.08. The van der Waals surface area contributed by atoms with Crippen LogP contribution in [0.15, 0.2) is 42.5 Å². The van der Waals surface area contributed by atoms with E-state index in [0.717, 1.165) is 29.7 Å². The van der Waals surface area contributed by atoms with Crippen molar-refractivity contribution in [3.05, 3.63) is 59.4 Å². The third-order valence-electron chi connectivity index (χ3n) is 4.08. The lowest BCUT2D eigenvalue weighted by Crippen LogP contribution is -2.30. The Morgan fingerprint density at radius 2 is 2.04 bits per heavy atom. The summed E-state index contributed by atoms with van der Waals surface area (Å²) >= 11 is 0. The van der Waals surface area contributed by atoms with Crippen molar-refractivity contribution < 1.29 is 14.0 Å². The molecule has 0 fully saturated rings. The largest absolute Gasteiger partial charge is 0.338 e. The first-order valence-electron chi connectivity index (χ1n) is 8.32. The summed E-state index contributed by atoms with van der Waals surface area (Å²) in [6.45, 7) is 0.413. The van der Waals surface area contributed by atoms with E-state index >= 15 is 0 Å². The summed E-state index contributed by atoms with van der Waals surface area (Å²) in [5, 5.41) is 8.40. The Balaban J connectivity index is 1.53. The number of urea groups is 1. The van der Waals surface area contributed by atoms with E-state index in [2.05, 4.69) is 16.0 Å². The molecule has 1 aliphatic heterocycles. The highest BCUT2D eigenvalue weighted by atomic mass is 19.1. The van der Waals surface area contributed by atoms with Crippen LogP contribution in [0.4, 0.5) is 20.6 Å². The van der Waals surface area contributed by atoms with Gasteiger partial charge in [-0.1, -0.05) is 12.1 Å². The highest BCUT2D eigenvalue weighted by molar-refractivity contribution is 5.94. The molecule has 0 aliphatic carbocycles. The molecule has 3 N–H and O–H groups in total. The zero-order chi connectivity index (χ0) is 17.6. The van der Waals surface area contributed by atoms with Gasteiger partial charge in [-0.3, -0.25) is 4.79 Å². The van der Waals surface area contributed by atoms with Gasteiger partial charge in [-0.25, -0.2) is 9.18 Å². The zero-order valence-corrected chi connectivity index (χ0v) is 13.8. The Hall–Kier alpha value is -2.89. The number of carbonyl (C=O) groups is 2. The number of hydrogen-bond donors (Lipinski definition) is 3. The van der Waals surface area contributed by atoms with Crippen molar-refractivity contribution in [2.45, 2.75) is 25.7 Å². The summed E-state index contributed by atoms with van der Waals surface area (Å²) in [7, 11) is 0. The summed E-state index contributed by atoms with van der Waals surface area (Å²) in [6.07, 6.45) is 2.66. The number of rotatable bonds is 4. The molecule has 25 heavy (non-hydrogen) atoms. The van der Waals surface area contributed by atoms with Gasteiger partial charge in [-0.05, 0) is 60.7 Å². The van der Waals surface area contributed by atoms with Crippen LogP contribution in [0.3, 0.4) is 0 Å². The molecule has 0 saturated carbocycles. The second-order valence-corrected chi connectivity index (χ2v) is 6.03. The first-order valence-corrected chi connectivity index (χ1v) is 8.32. The van der Waals surface area contributed by atoms with Crippen LogP contribution in [0.5, 0.6) is 0 Å². The maximum Gasteiger partial charge on any atom is 0.319 e. The molecule has 130 valence electrons. The van der Waals surface area contributed by atoms with E-state index < -0.39 is 0 Å². The number of halogens is 1. The maximum atomic E-state index is 13.1. The van der Waals surface area contributed by atoms with Crippen molar-refractivity contribution in [3.63, 3.8) is 0 Å². The van der Waals surface area contributed by atoms with Crippen LogP contribution in [-0.4, -0.2) is 18.5 Å². The van der Waals surface area contributed by atoms with Gasteiger partial charge in [0.1, 0.15) is 5.82 Å². The molecule has 2 aromatic rings. The number of amides is 3. The lowest BCUT2D eigenvalue weighted by molar-refractivity contribution is -0.116. The van der Waals surface area contributed by atoms with Gasteiger partial charge in [0.2, 0.25) is 5.91 Å². The number of carbonyl (C=O) groups excluding carboxylic acids is 2. The second kappa shape index (κ2) is 7.79. The Bertz CT molecular complexity index is 792. The monoisotopic (exact) mass is 341 g/mol. The van der Waals surface area contributed by atoms with Crippen LogP contribution in [0.2, 0.25) is 0 Å². The lowest BCUT2D eigenvalue weighted by atomic mass is 10.1. The molecule has 1 aliphatic rings. The van der Waals surface area contributed by atoms with Crippen molar-refractivity contribution >= 4 is 23.3 Å². The number of nitrogens with one attached hydrogen (secondary N) is 3. The highest BCUT2D eigenvalue weighted by Crippen LogP contribution is 2.25. The Morgan fingerprint density at radius 3 is 2.88 bits per heavy atom. The Labute approximate surface area is 145 Å². The molecule has 5 nitrogen and oxygen atoms in total. The second-order valence-electron chi connectivity index (χ2n) is 6.03. The number of hydrogen-bond acceptors (Lipinski definition) is 2. The molecule has 0 radical (unpaired) electrons. The fourth-order valence-electron chi connectivity index (χ4n) is 2.84. The van der Waals surface area contributed by atoms with Crippen molar-refractivity contribution in [1.82, 2.24) is 5.32 Å². The molecule has 0 spiro atoms. The number of benzene rings is 2. The van der Waals surface area contributed by atoms with Crippen LogP contribution in [0.1, 0.15) is 24.0 Å².